The lowest BCUT2D eigenvalue weighted by Gasteiger charge is -2.21. The molecule has 0 heterocycles. The van der Waals surface area contributed by atoms with E-state index in [0.29, 0.717) is 24.1 Å². The van der Waals surface area contributed by atoms with Gasteiger partial charge in [-0.25, -0.2) is 13.6 Å². The van der Waals surface area contributed by atoms with Crippen LogP contribution in [0.3, 0.4) is 0 Å². The number of carbonyl (C=O) groups excluding carboxylic acids is 1. The largest absolute Gasteiger partial charge is 0.377 e. The van der Waals surface area contributed by atoms with Crippen molar-refractivity contribution in [3.8, 4) is 0 Å². The van der Waals surface area contributed by atoms with Gasteiger partial charge in [0.15, 0.2) is 11.6 Å². The molecule has 0 aromatic heterocycles. The highest BCUT2D eigenvalue weighted by Crippen LogP contribution is 2.52. The zero-order valence-electron chi connectivity index (χ0n) is 9.63. The van der Waals surface area contributed by atoms with Gasteiger partial charge >= 0.3 is 0 Å². The number of nitrogens with zero attached hydrogens (tertiary/aromatic N) is 2. The lowest BCUT2D eigenvalue weighted by molar-refractivity contribution is 0.504. The van der Waals surface area contributed by atoms with Crippen LogP contribution in [0.4, 0.5) is 14.5 Å². The van der Waals surface area contributed by atoms with E-state index in [0.717, 1.165) is 12.1 Å². The monoisotopic (exact) mass is 238 g/mol. The smallest absolute Gasteiger partial charge is 0.235 e. The van der Waals surface area contributed by atoms with Crippen LogP contribution in [0.1, 0.15) is 18.4 Å². The molecule has 1 saturated carbocycles. The number of halogens is 2. The fourth-order valence-corrected chi connectivity index (χ4v) is 1.93. The summed E-state index contributed by atoms with van der Waals surface area (Å²) in [6, 6.07) is 2.25. The van der Waals surface area contributed by atoms with Crippen LogP contribution < -0.4 is 4.90 Å². The van der Waals surface area contributed by atoms with Crippen molar-refractivity contribution in [2.75, 3.05) is 19.0 Å². The minimum atomic E-state index is -0.919. The van der Waals surface area contributed by atoms with E-state index >= 15 is 0 Å². The van der Waals surface area contributed by atoms with E-state index in [1.54, 1.807) is 19.0 Å². The van der Waals surface area contributed by atoms with Crippen LogP contribution in [-0.4, -0.2) is 20.2 Å². The van der Waals surface area contributed by atoms with E-state index in [-0.39, 0.29) is 0 Å². The molecule has 0 bridgehead atoms. The Morgan fingerprint density at radius 1 is 1.29 bits per heavy atom. The molecule has 0 amide bonds. The third kappa shape index (κ3) is 1.94. The van der Waals surface area contributed by atoms with Crippen LogP contribution >= 0.6 is 0 Å². The number of hydrogen-bond acceptors (Lipinski definition) is 3. The average molecular weight is 238 g/mol. The second-order valence-corrected chi connectivity index (χ2v) is 4.41. The number of aliphatic imine (C=N–C) groups is 1. The first-order chi connectivity index (χ1) is 8.00. The molecule has 0 atom stereocenters. The maximum Gasteiger partial charge on any atom is 0.235 e. The molecule has 17 heavy (non-hydrogen) atoms. The average Bonchev–Trinajstić information content (AvgIpc) is 3.02. The number of hydrogen-bond donors (Lipinski definition) is 0. The van der Waals surface area contributed by atoms with Gasteiger partial charge in [0.1, 0.15) is 5.54 Å². The van der Waals surface area contributed by atoms with Gasteiger partial charge in [-0.05, 0) is 18.9 Å². The normalized spacial score (nSPS) is 16.2. The third-order valence-corrected chi connectivity index (χ3v) is 3.01. The molecule has 90 valence electrons. The summed E-state index contributed by atoms with van der Waals surface area (Å²) in [6.07, 6.45) is 2.83. The molecule has 5 heteroatoms. The Labute approximate surface area is 97.8 Å². The quantitative estimate of drug-likeness (QED) is 0.598. The van der Waals surface area contributed by atoms with Crippen LogP contribution in [0.25, 0.3) is 0 Å². The summed E-state index contributed by atoms with van der Waals surface area (Å²) in [4.78, 5) is 15.8. The first-order valence-corrected chi connectivity index (χ1v) is 5.26. The van der Waals surface area contributed by atoms with Crippen molar-refractivity contribution < 1.29 is 13.6 Å². The SMILES string of the molecule is CN(C)c1cc(F)c(F)cc1C1(N=C=O)CC1. The van der Waals surface area contributed by atoms with Crippen LogP contribution in [0.15, 0.2) is 17.1 Å². The van der Waals surface area contributed by atoms with Gasteiger partial charge < -0.3 is 4.90 Å². The topological polar surface area (TPSA) is 32.7 Å². The Morgan fingerprint density at radius 3 is 2.35 bits per heavy atom. The van der Waals surface area contributed by atoms with Gasteiger partial charge in [0.25, 0.3) is 0 Å². The zero-order valence-corrected chi connectivity index (χ0v) is 9.63. The molecule has 0 radical (unpaired) electrons. The lowest BCUT2D eigenvalue weighted by atomic mass is 10.0. The van der Waals surface area contributed by atoms with Gasteiger partial charge in [-0.3, -0.25) is 0 Å². The zero-order chi connectivity index (χ0) is 12.6. The second-order valence-electron chi connectivity index (χ2n) is 4.41. The molecule has 2 rings (SSSR count). The fourth-order valence-electron chi connectivity index (χ4n) is 1.93. The molecule has 1 aliphatic carbocycles. The minimum absolute atomic E-state index is 0.542. The Balaban J connectivity index is 2.60. The van der Waals surface area contributed by atoms with Crippen LogP contribution in [0, 0.1) is 11.6 Å². The number of rotatable bonds is 3. The van der Waals surface area contributed by atoms with Gasteiger partial charge in [0.2, 0.25) is 6.08 Å². The lowest BCUT2D eigenvalue weighted by Crippen LogP contribution is -2.16. The molecule has 0 spiro atoms. The third-order valence-electron chi connectivity index (χ3n) is 3.01. The Hall–Kier alpha value is -1.74. The van der Waals surface area contributed by atoms with E-state index in [1.165, 1.54) is 6.08 Å². The highest BCUT2D eigenvalue weighted by atomic mass is 19.2. The Bertz CT molecular complexity index is 503. The summed E-state index contributed by atoms with van der Waals surface area (Å²) in [6.45, 7) is 0. The van der Waals surface area contributed by atoms with Gasteiger partial charge in [0.05, 0.1) is 0 Å². The van der Waals surface area contributed by atoms with Crippen molar-refractivity contribution in [3.63, 3.8) is 0 Å². The van der Waals surface area contributed by atoms with Gasteiger partial charge in [-0.15, -0.1) is 0 Å². The van der Waals surface area contributed by atoms with Crippen molar-refractivity contribution in [2.45, 2.75) is 18.4 Å². The van der Waals surface area contributed by atoms with Gasteiger partial charge in [-0.1, -0.05) is 0 Å². The molecule has 0 aliphatic heterocycles. The van der Waals surface area contributed by atoms with Crippen molar-refractivity contribution in [1.82, 2.24) is 0 Å². The standard InChI is InChI=1S/C12H12F2N2O/c1-16(2)11-6-10(14)9(13)5-8(11)12(3-4-12)15-7-17/h5-6H,3-4H2,1-2H3. The van der Waals surface area contributed by atoms with E-state index < -0.39 is 17.2 Å². The molecule has 1 fully saturated rings. The predicted molar refractivity (Wildman–Crippen MR) is 59.7 cm³/mol. The summed E-state index contributed by atoms with van der Waals surface area (Å²) in [5.41, 5.74) is 0.390. The summed E-state index contributed by atoms with van der Waals surface area (Å²) in [5, 5.41) is 0. The second kappa shape index (κ2) is 3.93. The summed E-state index contributed by atoms with van der Waals surface area (Å²) in [5.74, 6) is -1.82. The van der Waals surface area contributed by atoms with Gasteiger partial charge in [0, 0.05) is 31.4 Å². The molecular weight excluding hydrogens is 226 g/mol. The van der Waals surface area contributed by atoms with E-state index in [9.17, 15) is 13.6 Å². The molecular formula is C12H12F2N2O. The van der Waals surface area contributed by atoms with Crippen LogP contribution in [-0.2, 0) is 10.3 Å². The van der Waals surface area contributed by atoms with E-state index in [4.69, 9.17) is 0 Å². The summed E-state index contributed by atoms with van der Waals surface area (Å²) in [7, 11) is 3.47. The van der Waals surface area contributed by atoms with E-state index in [2.05, 4.69) is 4.99 Å². The summed E-state index contributed by atoms with van der Waals surface area (Å²) >= 11 is 0. The Morgan fingerprint density at radius 2 is 1.88 bits per heavy atom. The van der Waals surface area contributed by atoms with Crippen molar-refractivity contribution in [1.29, 1.82) is 0 Å². The fraction of sp³-hybridized carbons (Fsp3) is 0.417. The van der Waals surface area contributed by atoms with E-state index in [1.807, 2.05) is 0 Å². The maximum absolute atomic E-state index is 13.3. The highest BCUT2D eigenvalue weighted by Gasteiger charge is 2.47. The number of anilines is 1. The molecule has 1 aliphatic rings. The number of benzene rings is 1. The Kier molecular flexibility index (Phi) is 2.71. The van der Waals surface area contributed by atoms with Crippen molar-refractivity contribution in [2.24, 2.45) is 4.99 Å². The van der Waals surface area contributed by atoms with Crippen molar-refractivity contribution >= 4 is 11.8 Å². The van der Waals surface area contributed by atoms with Gasteiger partial charge in [-0.2, -0.15) is 4.99 Å². The number of isocyanates is 1. The maximum atomic E-state index is 13.3. The summed E-state index contributed by atoms with van der Waals surface area (Å²) < 4.78 is 26.5. The first-order valence-electron chi connectivity index (χ1n) is 5.26. The molecule has 0 N–H and O–H groups in total. The van der Waals surface area contributed by atoms with Crippen LogP contribution in [0.5, 0.6) is 0 Å². The molecule has 1 aromatic rings. The highest BCUT2D eigenvalue weighted by molar-refractivity contribution is 5.59. The van der Waals surface area contributed by atoms with Crippen molar-refractivity contribution in [3.05, 3.63) is 29.3 Å². The molecule has 0 unspecified atom stereocenters. The van der Waals surface area contributed by atoms with Crippen LogP contribution in [0.2, 0.25) is 0 Å². The molecule has 3 nitrogen and oxygen atoms in total. The first kappa shape index (κ1) is 11.7. The molecule has 0 saturated heterocycles. The predicted octanol–water partition coefficient (Wildman–Crippen LogP) is 2.36. The molecule has 1 aromatic carbocycles. The minimum Gasteiger partial charge on any atom is -0.377 e.